The second kappa shape index (κ2) is 7.73. The number of benzene rings is 2. The van der Waals surface area contributed by atoms with Crippen LogP contribution in [0.4, 0.5) is 0 Å². The van der Waals surface area contributed by atoms with Crippen LogP contribution >= 0.6 is 0 Å². The quantitative estimate of drug-likeness (QED) is 0.889. The first-order valence-corrected chi connectivity index (χ1v) is 9.13. The van der Waals surface area contributed by atoms with Crippen LogP contribution in [-0.2, 0) is 16.6 Å². The molecule has 2 aromatic carbocycles. The molecular weight excluding hydrogens is 326 g/mol. The molecule has 1 fully saturated rings. The number of aryl methyl sites for hydroxylation is 1. The number of carbonyl (C=O) groups excluding carboxylic acids is 1. The number of likely N-dealkylation sites (tertiary alicyclic amines) is 1. The number of aromatic carboxylic acids is 1. The van der Waals surface area contributed by atoms with Crippen molar-refractivity contribution in [2.45, 2.75) is 38.0 Å². The van der Waals surface area contributed by atoms with Crippen LogP contribution in [0.5, 0.6) is 0 Å². The van der Waals surface area contributed by atoms with Crippen molar-refractivity contribution in [2.24, 2.45) is 0 Å². The van der Waals surface area contributed by atoms with E-state index < -0.39 is 5.97 Å². The van der Waals surface area contributed by atoms with E-state index in [-0.39, 0.29) is 16.9 Å². The van der Waals surface area contributed by atoms with Crippen LogP contribution in [0.1, 0.15) is 47.7 Å². The lowest BCUT2D eigenvalue weighted by Gasteiger charge is -2.40. The standard InChI is InChI=1S/C22H25NO3/c1-22(19-5-3-2-4-6-19)13-15-23(16-14-22)20(24)12-9-17-7-10-18(11-8-17)21(25)26/h2-8,10-11H,9,12-16H2,1H3,(H,25,26). The van der Waals surface area contributed by atoms with E-state index in [1.807, 2.05) is 11.0 Å². The third kappa shape index (κ3) is 4.13. The van der Waals surface area contributed by atoms with Gasteiger partial charge in [0.15, 0.2) is 0 Å². The van der Waals surface area contributed by atoms with Gasteiger partial charge < -0.3 is 10.0 Å². The molecule has 4 nitrogen and oxygen atoms in total. The Hall–Kier alpha value is -2.62. The highest BCUT2D eigenvalue weighted by atomic mass is 16.4. The summed E-state index contributed by atoms with van der Waals surface area (Å²) >= 11 is 0. The Kier molecular flexibility index (Phi) is 5.40. The second-order valence-electron chi connectivity index (χ2n) is 7.31. The molecular formula is C22H25NO3. The van der Waals surface area contributed by atoms with Gasteiger partial charge in [-0.25, -0.2) is 4.79 Å². The molecule has 0 aromatic heterocycles. The first-order chi connectivity index (χ1) is 12.5. The van der Waals surface area contributed by atoms with Crippen molar-refractivity contribution in [3.05, 3.63) is 71.3 Å². The largest absolute Gasteiger partial charge is 0.478 e. The molecule has 0 saturated carbocycles. The van der Waals surface area contributed by atoms with E-state index in [4.69, 9.17) is 5.11 Å². The van der Waals surface area contributed by atoms with Gasteiger partial charge in [-0.15, -0.1) is 0 Å². The maximum atomic E-state index is 12.5. The summed E-state index contributed by atoms with van der Waals surface area (Å²) in [6.45, 7) is 3.87. The van der Waals surface area contributed by atoms with Crippen molar-refractivity contribution >= 4 is 11.9 Å². The predicted molar refractivity (Wildman–Crippen MR) is 101 cm³/mol. The second-order valence-corrected chi connectivity index (χ2v) is 7.31. The molecule has 1 aliphatic rings. The Bertz CT molecular complexity index is 760. The molecule has 1 aliphatic heterocycles. The van der Waals surface area contributed by atoms with Crippen LogP contribution in [0, 0.1) is 0 Å². The number of carboxylic acid groups (broad SMARTS) is 1. The maximum Gasteiger partial charge on any atom is 0.335 e. The van der Waals surface area contributed by atoms with E-state index in [0.717, 1.165) is 31.5 Å². The molecule has 0 unspecified atom stereocenters. The summed E-state index contributed by atoms with van der Waals surface area (Å²) in [6, 6.07) is 17.3. The smallest absolute Gasteiger partial charge is 0.335 e. The van der Waals surface area contributed by atoms with Crippen LogP contribution < -0.4 is 0 Å². The normalized spacial score (nSPS) is 16.3. The summed E-state index contributed by atoms with van der Waals surface area (Å²) < 4.78 is 0. The molecule has 136 valence electrons. The highest BCUT2D eigenvalue weighted by molar-refractivity contribution is 5.87. The predicted octanol–water partition coefficient (Wildman–Crippen LogP) is 3.90. The summed E-state index contributed by atoms with van der Waals surface area (Å²) in [6.07, 6.45) is 3.08. The van der Waals surface area contributed by atoms with Gasteiger partial charge in [-0.1, -0.05) is 49.4 Å². The van der Waals surface area contributed by atoms with Crippen LogP contribution in [0.2, 0.25) is 0 Å². The van der Waals surface area contributed by atoms with Crippen molar-refractivity contribution in [1.82, 2.24) is 4.90 Å². The van der Waals surface area contributed by atoms with Gasteiger partial charge in [0.2, 0.25) is 5.91 Å². The monoisotopic (exact) mass is 351 g/mol. The van der Waals surface area contributed by atoms with Gasteiger partial charge in [0.1, 0.15) is 0 Å². The molecule has 0 spiro atoms. The molecule has 3 rings (SSSR count). The van der Waals surface area contributed by atoms with E-state index in [0.29, 0.717) is 12.8 Å². The molecule has 0 radical (unpaired) electrons. The van der Waals surface area contributed by atoms with Crippen LogP contribution in [0.15, 0.2) is 54.6 Å². The zero-order chi connectivity index (χ0) is 18.6. The lowest BCUT2D eigenvalue weighted by molar-refractivity contribution is -0.132. The lowest BCUT2D eigenvalue weighted by Crippen LogP contribution is -2.44. The molecule has 0 aliphatic carbocycles. The third-order valence-electron chi connectivity index (χ3n) is 5.52. The fraction of sp³-hybridized carbons (Fsp3) is 0.364. The zero-order valence-electron chi connectivity index (χ0n) is 15.1. The van der Waals surface area contributed by atoms with E-state index in [2.05, 4.69) is 31.2 Å². The summed E-state index contributed by atoms with van der Waals surface area (Å²) in [5, 5.41) is 8.93. The van der Waals surface area contributed by atoms with Crippen molar-refractivity contribution in [3.63, 3.8) is 0 Å². The number of rotatable bonds is 5. The number of amides is 1. The van der Waals surface area contributed by atoms with Crippen molar-refractivity contribution in [1.29, 1.82) is 0 Å². The average molecular weight is 351 g/mol. The number of hydrogen-bond donors (Lipinski definition) is 1. The average Bonchev–Trinajstić information content (AvgIpc) is 2.67. The fourth-order valence-electron chi connectivity index (χ4n) is 3.60. The minimum absolute atomic E-state index is 0.144. The molecule has 26 heavy (non-hydrogen) atoms. The maximum absolute atomic E-state index is 12.5. The van der Waals surface area contributed by atoms with E-state index in [1.54, 1.807) is 24.3 Å². The number of carbonyl (C=O) groups is 2. The van der Waals surface area contributed by atoms with E-state index >= 15 is 0 Å². The van der Waals surface area contributed by atoms with Crippen molar-refractivity contribution < 1.29 is 14.7 Å². The third-order valence-corrected chi connectivity index (χ3v) is 5.52. The zero-order valence-corrected chi connectivity index (χ0v) is 15.1. The molecule has 0 bridgehead atoms. The Balaban J connectivity index is 1.51. The van der Waals surface area contributed by atoms with Crippen molar-refractivity contribution in [3.8, 4) is 0 Å². The summed E-state index contributed by atoms with van der Waals surface area (Å²) in [5.41, 5.74) is 2.77. The minimum Gasteiger partial charge on any atom is -0.478 e. The molecule has 1 amide bonds. The number of carboxylic acids is 1. The summed E-state index contributed by atoms with van der Waals surface area (Å²) in [5.74, 6) is -0.746. The molecule has 2 aromatic rings. The van der Waals surface area contributed by atoms with Gasteiger partial charge in [0, 0.05) is 19.5 Å². The number of piperidine rings is 1. The summed E-state index contributed by atoms with van der Waals surface area (Å²) in [4.78, 5) is 25.4. The van der Waals surface area contributed by atoms with E-state index in [1.165, 1.54) is 5.56 Å². The SMILES string of the molecule is CC1(c2ccccc2)CCN(C(=O)CCc2ccc(C(=O)O)cc2)CC1. The highest BCUT2D eigenvalue weighted by Gasteiger charge is 2.32. The van der Waals surface area contributed by atoms with Gasteiger partial charge in [-0.05, 0) is 47.9 Å². The van der Waals surface area contributed by atoms with Crippen molar-refractivity contribution in [2.75, 3.05) is 13.1 Å². The topological polar surface area (TPSA) is 57.6 Å². The Morgan fingerprint density at radius 3 is 2.19 bits per heavy atom. The van der Waals surface area contributed by atoms with Gasteiger partial charge in [0.05, 0.1) is 5.56 Å². The summed E-state index contributed by atoms with van der Waals surface area (Å²) in [7, 11) is 0. The number of hydrogen-bond acceptors (Lipinski definition) is 2. The highest BCUT2D eigenvalue weighted by Crippen LogP contribution is 2.35. The van der Waals surface area contributed by atoms with Gasteiger partial charge >= 0.3 is 5.97 Å². The van der Waals surface area contributed by atoms with E-state index in [9.17, 15) is 9.59 Å². The molecule has 1 saturated heterocycles. The van der Waals surface area contributed by atoms with Gasteiger partial charge in [-0.2, -0.15) is 0 Å². The molecule has 1 heterocycles. The Labute approximate surface area is 154 Å². The molecule has 4 heteroatoms. The fourth-order valence-corrected chi connectivity index (χ4v) is 3.60. The minimum atomic E-state index is -0.928. The first-order valence-electron chi connectivity index (χ1n) is 9.13. The van der Waals surface area contributed by atoms with Crippen LogP contribution in [0.25, 0.3) is 0 Å². The van der Waals surface area contributed by atoms with Gasteiger partial charge in [0.25, 0.3) is 0 Å². The first kappa shape index (κ1) is 18.2. The van der Waals surface area contributed by atoms with Crippen LogP contribution in [0.3, 0.4) is 0 Å². The molecule has 0 atom stereocenters. The van der Waals surface area contributed by atoms with Crippen LogP contribution in [-0.4, -0.2) is 35.0 Å². The molecule has 1 N–H and O–H groups in total. The Morgan fingerprint density at radius 1 is 1.00 bits per heavy atom. The Morgan fingerprint density at radius 2 is 1.62 bits per heavy atom. The number of nitrogens with zero attached hydrogens (tertiary/aromatic N) is 1. The lowest BCUT2D eigenvalue weighted by atomic mass is 9.74. The van der Waals surface area contributed by atoms with Gasteiger partial charge in [-0.3, -0.25) is 4.79 Å².